The molecule has 14 nitrogen and oxygen atoms in total. The van der Waals surface area contributed by atoms with Crippen LogP contribution in [0.15, 0.2) is 140 Å². The Bertz CT molecular complexity index is 3190. The number of anilines is 1. The number of amides is 2. The fourth-order valence-corrected chi connectivity index (χ4v) is 11.1. The van der Waals surface area contributed by atoms with Crippen molar-refractivity contribution in [3.63, 3.8) is 0 Å². The molecule has 2 amide bonds. The maximum Gasteiger partial charge on any atom is 0.324 e. The van der Waals surface area contributed by atoms with Gasteiger partial charge in [0.2, 0.25) is 11.8 Å². The Morgan fingerprint density at radius 2 is 1.55 bits per heavy atom. The van der Waals surface area contributed by atoms with Gasteiger partial charge in [0, 0.05) is 24.3 Å². The molecular weight excluding hydrogens is 873 g/mol. The molecule has 7 aromatic rings. The fourth-order valence-electron chi connectivity index (χ4n) is 11.1. The zero-order valence-electron chi connectivity index (χ0n) is 37.9. The van der Waals surface area contributed by atoms with E-state index in [-0.39, 0.29) is 32.2 Å². The summed E-state index contributed by atoms with van der Waals surface area (Å²) in [6.07, 6.45) is -0.335. The minimum Gasteiger partial charge on any atom is -0.493 e. The van der Waals surface area contributed by atoms with E-state index in [1.807, 2.05) is 133 Å². The van der Waals surface area contributed by atoms with Gasteiger partial charge in [-0.2, -0.15) is 0 Å². The van der Waals surface area contributed by atoms with Crippen LogP contribution in [0.25, 0.3) is 11.0 Å². The summed E-state index contributed by atoms with van der Waals surface area (Å²) in [6.45, 7) is 0.580. The monoisotopic (exact) mass is 920 g/mol. The highest BCUT2D eigenvalue weighted by Crippen LogP contribution is 2.65. The van der Waals surface area contributed by atoms with Gasteiger partial charge in [-0.15, -0.1) is 5.10 Å². The first kappa shape index (κ1) is 43.6. The average molecular weight is 921 g/mol. The lowest BCUT2D eigenvalue weighted by Crippen LogP contribution is -2.56. The SMILES string of the molecule is COc1cc2c(cc1OC)CN(C(=O)[C@H]1[C@@H]3C(=O)O[C@@H](c4ccccc4)[C@@H](c4ccccc4)N3[C@@H](c3cccc(OCCO)c3)[C@]13C(=O)Nc1ccc(C#CCn4nnc5ccccc54)cc13)CC2. The Hall–Kier alpha value is -7.99. The van der Waals surface area contributed by atoms with E-state index in [4.69, 9.17) is 18.9 Å². The molecule has 1 spiro atoms. The molecule has 0 radical (unpaired) electrons. The molecule has 1 aromatic heterocycles. The number of aliphatic hydroxyl groups is 1. The molecule has 11 rings (SSSR count). The summed E-state index contributed by atoms with van der Waals surface area (Å²) < 4.78 is 25.8. The minimum atomic E-state index is -1.75. The molecule has 346 valence electrons. The van der Waals surface area contributed by atoms with Crippen LogP contribution in [0.2, 0.25) is 0 Å². The number of cyclic esters (lactones) is 1. The maximum absolute atomic E-state index is 16.2. The van der Waals surface area contributed by atoms with E-state index in [0.717, 1.165) is 33.3 Å². The Balaban J connectivity index is 1.13. The van der Waals surface area contributed by atoms with Gasteiger partial charge in [-0.1, -0.05) is 102 Å². The molecule has 4 aliphatic rings. The van der Waals surface area contributed by atoms with Crippen molar-refractivity contribution in [1.29, 1.82) is 0 Å². The normalized spacial score (nSPS) is 22.5. The molecule has 0 unspecified atom stereocenters. The number of aliphatic hydroxyl groups excluding tert-OH is 1. The van der Waals surface area contributed by atoms with E-state index in [2.05, 4.69) is 32.4 Å². The van der Waals surface area contributed by atoms with Crippen LogP contribution in [-0.4, -0.2) is 87.7 Å². The second kappa shape index (κ2) is 17.9. The second-order valence-electron chi connectivity index (χ2n) is 17.6. The highest BCUT2D eigenvalue weighted by Gasteiger charge is 2.74. The number of morpholine rings is 1. The predicted octanol–water partition coefficient (Wildman–Crippen LogP) is 6.73. The third-order valence-electron chi connectivity index (χ3n) is 14.0. The summed E-state index contributed by atoms with van der Waals surface area (Å²) in [6, 6.07) is 40.9. The van der Waals surface area contributed by atoms with Crippen LogP contribution in [0, 0.1) is 17.8 Å². The Morgan fingerprint density at radius 3 is 2.32 bits per heavy atom. The van der Waals surface area contributed by atoms with Gasteiger partial charge in [-0.3, -0.25) is 19.3 Å². The molecule has 2 fully saturated rings. The zero-order valence-corrected chi connectivity index (χ0v) is 37.9. The van der Waals surface area contributed by atoms with Crippen LogP contribution in [0.4, 0.5) is 5.69 Å². The summed E-state index contributed by atoms with van der Waals surface area (Å²) in [5.74, 6) is 5.40. The maximum atomic E-state index is 16.2. The number of carbonyl (C=O) groups is 3. The number of nitrogens with one attached hydrogen (secondary N) is 1. The van der Waals surface area contributed by atoms with Gasteiger partial charge < -0.3 is 34.3 Å². The third kappa shape index (κ3) is 7.33. The molecule has 6 aromatic carbocycles. The van der Waals surface area contributed by atoms with Crippen LogP contribution in [-0.2, 0) is 44.0 Å². The Kier molecular flexibility index (Phi) is 11.3. The number of fused-ring (bicyclic) bond motifs is 5. The summed E-state index contributed by atoms with van der Waals surface area (Å²) >= 11 is 0. The highest BCUT2D eigenvalue weighted by molar-refractivity contribution is 6.12. The number of benzene rings is 6. The standard InChI is InChI=1S/C55H48N6O8/c1-66-45-31-37-24-26-59(33-39(37)32-46(45)67-2)52(63)47-49-53(64)69-50(36-16-7-4-8-17-36)48(35-14-5-3-6-15-35)61(49)51(38-18-11-19-40(30-38)68-28-27-62)55(47)41-29-34(22-23-42(41)56-54(55)65)13-12-25-60-44-21-10-9-20-43(44)57-58-60/h3-11,14-23,29-32,47-51,62H,24-28,33H2,1-2H3,(H,56,65)/t47-,48-,49-,50+,51+,55-/m1/s1. The van der Waals surface area contributed by atoms with E-state index in [0.29, 0.717) is 52.6 Å². The van der Waals surface area contributed by atoms with Crippen molar-refractivity contribution in [2.45, 2.75) is 49.2 Å². The molecule has 0 aliphatic carbocycles. The molecule has 69 heavy (non-hydrogen) atoms. The summed E-state index contributed by atoms with van der Waals surface area (Å²) in [5, 5.41) is 21.6. The van der Waals surface area contributed by atoms with Crippen LogP contribution in [0.3, 0.4) is 0 Å². The molecule has 5 heterocycles. The average Bonchev–Trinajstić information content (AvgIpc) is 4.05. The first-order chi connectivity index (χ1) is 33.8. The number of esters is 1. The van der Waals surface area contributed by atoms with Gasteiger partial charge in [0.05, 0.1) is 44.3 Å². The second-order valence-corrected chi connectivity index (χ2v) is 17.6. The molecule has 0 saturated carbocycles. The molecule has 6 atom stereocenters. The highest BCUT2D eigenvalue weighted by atomic mass is 16.6. The number of para-hydroxylation sites is 1. The van der Waals surface area contributed by atoms with Crippen molar-refractivity contribution in [2.75, 3.05) is 39.3 Å². The zero-order chi connectivity index (χ0) is 47.2. The van der Waals surface area contributed by atoms with Gasteiger partial charge in [-0.25, -0.2) is 4.68 Å². The molecule has 4 aliphatic heterocycles. The molecule has 2 N–H and O–H groups in total. The lowest BCUT2D eigenvalue weighted by molar-refractivity contribution is -0.179. The van der Waals surface area contributed by atoms with E-state index in [1.54, 1.807) is 29.9 Å². The largest absolute Gasteiger partial charge is 0.493 e. The molecule has 0 bridgehead atoms. The lowest BCUT2D eigenvalue weighted by atomic mass is 9.64. The number of methoxy groups -OCH3 is 2. The van der Waals surface area contributed by atoms with Crippen molar-refractivity contribution < 1.29 is 38.4 Å². The van der Waals surface area contributed by atoms with E-state index in [1.165, 1.54) is 0 Å². The number of ether oxygens (including phenoxy) is 4. The van der Waals surface area contributed by atoms with Gasteiger partial charge >= 0.3 is 5.97 Å². The van der Waals surface area contributed by atoms with Crippen LogP contribution >= 0.6 is 0 Å². The van der Waals surface area contributed by atoms with Gasteiger partial charge in [-0.05, 0) is 94.4 Å². The van der Waals surface area contributed by atoms with Crippen molar-refractivity contribution in [1.82, 2.24) is 24.8 Å². The van der Waals surface area contributed by atoms with E-state index < -0.39 is 47.4 Å². The number of hydrogen-bond acceptors (Lipinski definition) is 11. The van der Waals surface area contributed by atoms with Gasteiger partial charge in [0.25, 0.3) is 0 Å². The number of carbonyl (C=O) groups excluding carboxylic acids is 3. The first-order valence-corrected chi connectivity index (χ1v) is 23.0. The first-order valence-electron chi connectivity index (χ1n) is 23.0. The molecule has 2 saturated heterocycles. The van der Waals surface area contributed by atoms with Gasteiger partial charge in [0.1, 0.15) is 42.0 Å². The molecular formula is C55H48N6O8. The van der Waals surface area contributed by atoms with Crippen LogP contribution in [0.5, 0.6) is 17.2 Å². The van der Waals surface area contributed by atoms with E-state index in [9.17, 15) is 5.11 Å². The summed E-state index contributed by atoms with van der Waals surface area (Å²) in [5.41, 5.74) is 5.59. The van der Waals surface area contributed by atoms with Crippen molar-refractivity contribution in [2.24, 2.45) is 5.92 Å². The van der Waals surface area contributed by atoms with Crippen LogP contribution in [0.1, 0.15) is 57.1 Å². The smallest absolute Gasteiger partial charge is 0.324 e. The Labute approximate surface area is 398 Å². The predicted molar refractivity (Wildman–Crippen MR) is 255 cm³/mol. The van der Waals surface area contributed by atoms with Crippen molar-refractivity contribution in [3.05, 3.63) is 178 Å². The van der Waals surface area contributed by atoms with Gasteiger partial charge in [0.15, 0.2) is 11.5 Å². The fraction of sp³-hybridized carbons (Fsp3) is 0.255. The van der Waals surface area contributed by atoms with Crippen molar-refractivity contribution in [3.8, 4) is 29.1 Å². The minimum absolute atomic E-state index is 0.0323. The Morgan fingerprint density at radius 1 is 0.826 bits per heavy atom. The van der Waals surface area contributed by atoms with Crippen LogP contribution < -0.4 is 19.5 Å². The third-order valence-corrected chi connectivity index (χ3v) is 14.0. The number of rotatable bonds is 10. The van der Waals surface area contributed by atoms with E-state index >= 15 is 14.4 Å². The molecule has 14 heteroatoms. The van der Waals surface area contributed by atoms with Crippen molar-refractivity contribution >= 4 is 34.5 Å². The topological polar surface area (TPSA) is 158 Å². The number of nitrogens with zero attached hydrogens (tertiary/aromatic N) is 5. The summed E-state index contributed by atoms with van der Waals surface area (Å²) in [4.78, 5) is 51.4. The lowest BCUT2D eigenvalue weighted by Gasteiger charge is -2.46. The number of aromatic nitrogens is 3. The quantitative estimate of drug-likeness (QED) is 0.111. The summed E-state index contributed by atoms with van der Waals surface area (Å²) in [7, 11) is 3.16. The number of hydrogen-bond donors (Lipinski definition) is 2.